The fraction of sp³-hybridized carbons (Fsp3) is 0.136. The molecule has 0 bridgehead atoms. The molecule has 2 atom stereocenters. The Morgan fingerprint density at radius 3 is 1.17 bits per heavy atom. The summed E-state index contributed by atoms with van der Waals surface area (Å²) in [7, 11) is 0. The van der Waals surface area contributed by atoms with Crippen LogP contribution in [0, 0.1) is 0 Å². The second-order valence-electron chi connectivity index (χ2n) is 12.4. The first kappa shape index (κ1) is 30.9. The third-order valence-corrected chi connectivity index (χ3v) is 9.13. The molecule has 0 spiro atoms. The molecule has 2 unspecified atom stereocenters. The number of hydrogen-bond donors (Lipinski definition) is 2. The fourth-order valence-corrected chi connectivity index (χ4v) is 6.56. The zero-order valence-electron chi connectivity index (χ0n) is 26.8. The first-order chi connectivity index (χ1) is 23.6. The summed E-state index contributed by atoms with van der Waals surface area (Å²) in [5, 5.41) is 22.8. The molecule has 1 aliphatic carbocycles. The van der Waals surface area contributed by atoms with E-state index in [4.69, 9.17) is 9.98 Å². The highest BCUT2D eigenvalue weighted by Crippen LogP contribution is 2.38. The molecular weight excluding hydrogens is 588 g/mol. The predicted octanol–water partition coefficient (Wildman–Crippen LogP) is 10.6. The van der Waals surface area contributed by atoms with Crippen LogP contribution < -0.4 is 0 Å². The Morgan fingerprint density at radius 1 is 0.438 bits per heavy atom. The van der Waals surface area contributed by atoms with Gasteiger partial charge in [-0.05, 0) is 83.3 Å². The van der Waals surface area contributed by atoms with E-state index in [0.717, 1.165) is 70.2 Å². The van der Waals surface area contributed by atoms with Crippen molar-refractivity contribution in [2.24, 2.45) is 9.98 Å². The Bertz CT molecular complexity index is 1890. The Labute approximate surface area is 282 Å². The molecule has 6 aromatic rings. The van der Waals surface area contributed by atoms with Gasteiger partial charge in [0.2, 0.25) is 0 Å². The molecule has 4 nitrogen and oxygen atoms in total. The van der Waals surface area contributed by atoms with Crippen molar-refractivity contribution >= 4 is 12.4 Å². The summed E-state index contributed by atoms with van der Waals surface area (Å²) in [5.74, 6) is 0.469. The van der Waals surface area contributed by atoms with E-state index in [0.29, 0.717) is 11.1 Å². The topological polar surface area (TPSA) is 65.2 Å². The molecule has 236 valence electrons. The van der Waals surface area contributed by atoms with Crippen LogP contribution in [-0.4, -0.2) is 34.7 Å². The van der Waals surface area contributed by atoms with Crippen molar-refractivity contribution in [1.82, 2.24) is 0 Å². The fourth-order valence-electron chi connectivity index (χ4n) is 6.56. The lowest BCUT2D eigenvalue weighted by Crippen LogP contribution is -2.21. The van der Waals surface area contributed by atoms with Gasteiger partial charge in [0.05, 0.1) is 12.1 Å². The monoisotopic (exact) mass is 626 g/mol. The van der Waals surface area contributed by atoms with Gasteiger partial charge in [0, 0.05) is 34.7 Å². The number of aliphatic imine (C=N–C) groups is 2. The number of aromatic hydroxyl groups is 2. The maximum Gasteiger partial charge on any atom is 0.132 e. The van der Waals surface area contributed by atoms with Crippen LogP contribution in [0.3, 0.4) is 0 Å². The predicted molar refractivity (Wildman–Crippen MR) is 199 cm³/mol. The lowest BCUT2D eigenvalue weighted by Gasteiger charge is -2.24. The first-order valence-electron chi connectivity index (χ1n) is 16.6. The number of hydrogen-bond acceptors (Lipinski definition) is 4. The molecule has 1 aliphatic rings. The quantitative estimate of drug-likeness (QED) is 0.165. The molecule has 4 heteroatoms. The maximum atomic E-state index is 11.4. The summed E-state index contributed by atoms with van der Waals surface area (Å²) in [4.78, 5) is 10.0. The minimum Gasteiger partial charge on any atom is -0.507 e. The number of phenols is 2. The van der Waals surface area contributed by atoms with Crippen LogP contribution in [-0.2, 0) is 0 Å². The molecule has 6 aromatic carbocycles. The van der Waals surface area contributed by atoms with Crippen LogP contribution in [0.1, 0.15) is 36.8 Å². The summed E-state index contributed by atoms with van der Waals surface area (Å²) in [5.41, 5.74) is 9.16. The van der Waals surface area contributed by atoms with Gasteiger partial charge in [-0.2, -0.15) is 0 Å². The van der Waals surface area contributed by atoms with Crippen molar-refractivity contribution < 1.29 is 10.2 Å². The highest BCUT2D eigenvalue weighted by atomic mass is 16.3. The molecular formula is C44H38N2O2. The van der Waals surface area contributed by atoms with Gasteiger partial charge in [-0.1, -0.05) is 121 Å². The summed E-state index contributed by atoms with van der Waals surface area (Å²) in [6, 6.07) is 48.8. The van der Waals surface area contributed by atoms with Crippen LogP contribution >= 0.6 is 0 Å². The van der Waals surface area contributed by atoms with Crippen LogP contribution in [0.5, 0.6) is 11.5 Å². The lowest BCUT2D eigenvalue weighted by atomic mass is 9.91. The molecule has 0 aromatic heterocycles. The summed E-state index contributed by atoms with van der Waals surface area (Å²) >= 11 is 0. The zero-order chi connectivity index (χ0) is 32.7. The Balaban J connectivity index is 1.15. The van der Waals surface area contributed by atoms with Gasteiger partial charge in [0.15, 0.2) is 0 Å². The second kappa shape index (κ2) is 14.4. The molecule has 0 aliphatic heterocycles. The average molecular weight is 627 g/mol. The first-order valence-corrected chi connectivity index (χ1v) is 16.6. The van der Waals surface area contributed by atoms with Gasteiger partial charge < -0.3 is 10.2 Å². The standard InChI is InChI=1S/C44H38N2O2/c47-43-37(24-35(31-14-5-1-6-15-31)26-41(43)33-18-9-3-10-19-33)29-45-39-22-13-23-40(28-39)46-30-38-25-36(32-16-7-2-8-17-32)27-42(44(38)48)34-20-11-4-12-21-34/h1-12,14-21,24-27,29-30,39-40,47-48H,13,22-23,28H2. The van der Waals surface area contributed by atoms with E-state index in [1.807, 2.05) is 134 Å². The van der Waals surface area contributed by atoms with E-state index < -0.39 is 0 Å². The molecule has 0 saturated heterocycles. The van der Waals surface area contributed by atoms with E-state index in [9.17, 15) is 10.2 Å². The Kier molecular flexibility index (Phi) is 9.24. The minimum absolute atomic E-state index is 0.0880. The van der Waals surface area contributed by atoms with Crippen molar-refractivity contribution in [2.45, 2.75) is 37.8 Å². The van der Waals surface area contributed by atoms with E-state index >= 15 is 0 Å². The zero-order valence-corrected chi connectivity index (χ0v) is 26.8. The summed E-state index contributed by atoms with van der Waals surface area (Å²) in [6.07, 6.45) is 7.45. The van der Waals surface area contributed by atoms with Crippen LogP contribution in [0.25, 0.3) is 44.5 Å². The van der Waals surface area contributed by atoms with Crippen LogP contribution in [0.2, 0.25) is 0 Å². The third-order valence-electron chi connectivity index (χ3n) is 9.13. The second-order valence-corrected chi connectivity index (χ2v) is 12.4. The van der Waals surface area contributed by atoms with Crippen molar-refractivity contribution in [2.75, 3.05) is 0 Å². The van der Waals surface area contributed by atoms with E-state index in [-0.39, 0.29) is 23.6 Å². The third kappa shape index (κ3) is 6.98. The Hall–Kier alpha value is -5.74. The largest absolute Gasteiger partial charge is 0.507 e. The van der Waals surface area contributed by atoms with Crippen molar-refractivity contribution in [1.29, 1.82) is 0 Å². The number of rotatable bonds is 8. The van der Waals surface area contributed by atoms with Crippen molar-refractivity contribution in [3.63, 3.8) is 0 Å². The van der Waals surface area contributed by atoms with Crippen molar-refractivity contribution in [3.8, 4) is 56.0 Å². The molecule has 7 rings (SSSR count). The van der Waals surface area contributed by atoms with Gasteiger partial charge >= 0.3 is 0 Å². The Morgan fingerprint density at radius 2 is 0.792 bits per heavy atom. The van der Waals surface area contributed by atoms with Gasteiger partial charge in [0.1, 0.15) is 11.5 Å². The molecule has 1 saturated carbocycles. The normalized spacial score (nSPS) is 16.4. The lowest BCUT2D eigenvalue weighted by molar-refractivity contribution is 0.397. The van der Waals surface area contributed by atoms with Crippen LogP contribution in [0.15, 0.2) is 156 Å². The van der Waals surface area contributed by atoms with E-state index in [1.54, 1.807) is 0 Å². The number of phenolic OH excluding ortho intramolecular Hbond substituents is 2. The van der Waals surface area contributed by atoms with Gasteiger partial charge in [-0.15, -0.1) is 0 Å². The molecule has 0 amide bonds. The molecule has 0 radical (unpaired) electrons. The van der Waals surface area contributed by atoms with Crippen LogP contribution in [0.4, 0.5) is 0 Å². The SMILES string of the molecule is Oc1c(C=NC2CCCC(N=Cc3cc(-c4ccccc4)cc(-c4ccccc4)c3O)C2)cc(-c2ccccc2)cc1-c1ccccc1. The average Bonchev–Trinajstić information content (AvgIpc) is 3.15. The molecule has 1 fully saturated rings. The highest BCUT2D eigenvalue weighted by molar-refractivity contribution is 5.93. The van der Waals surface area contributed by atoms with Gasteiger partial charge in [0.25, 0.3) is 0 Å². The van der Waals surface area contributed by atoms with E-state index in [2.05, 4.69) is 24.3 Å². The minimum atomic E-state index is 0.0880. The summed E-state index contributed by atoms with van der Waals surface area (Å²) in [6.45, 7) is 0. The molecule has 2 N–H and O–H groups in total. The number of nitrogens with zero attached hydrogens (tertiary/aromatic N) is 2. The van der Waals surface area contributed by atoms with E-state index in [1.165, 1.54) is 0 Å². The highest BCUT2D eigenvalue weighted by Gasteiger charge is 2.21. The summed E-state index contributed by atoms with van der Waals surface area (Å²) < 4.78 is 0. The number of benzene rings is 6. The van der Waals surface area contributed by atoms with Gasteiger partial charge in [-0.25, -0.2) is 0 Å². The maximum absolute atomic E-state index is 11.4. The smallest absolute Gasteiger partial charge is 0.132 e. The van der Waals surface area contributed by atoms with Gasteiger partial charge in [-0.3, -0.25) is 9.98 Å². The molecule has 0 heterocycles. The molecule has 48 heavy (non-hydrogen) atoms. The van der Waals surface area contributed by atoms with Crippen molar-refractivity contribution in [3.05, 3.63) is 157 Å².